The van der Waals surface area contributed by atoms with E-state index >= 15 is 0 Å². The molecule has 0 atom stereocenters. The number of hydrogen-bond acceptors (Lipinski definition) is 2. The Morgan fingerprint density at radius 3 is 3.00 bits per heavy atom. The summed E-state index contributed by atoms with van der Waals surface area (Å²) in [5, 5.41) is 9.09. The van der Waals surface area contributed by atoms with E-state index in [1.807, 2.05) is 0 Å². The minimum absolute atomic E-state index is 0.239. The molecule has 1 N–H and O–H groups in total. The first-order valence-electron chi connectivity index (χ1n) is 3.95. The van der Waals surface area contributed by atoms with E-state index in [0.717, 1.165) is 6.26 Å². The van der Waals surface area contributed by atoms with Gasteiger partial charge in [-0.15, -0.1) is 0 Å². The molecule has 0 fully saturated rings. The lowest BCUT2D eigenvalue weighted by Gasteiger charge is -2.09. The SMILES string of the molecule is [2H]C1=C(CBr)C(=O)C(=CO)C=C1C. The fraction of sp³-hybridized carbons (Fsp3) is 0.222. The Kier molecular flexibility index (Phi) is 2.42. The Morgan fingerprint density at radius 2 is 2.50 bits per heavy atom. The number of aliphatic hydroxyl groups excluding tert-OH is 1. The molecule has 0 spiro atoms. The number of hydrogen-bond donors (Lipinski definition) is 1. The van der Waals surface area contributed by atoms with Gasteiger partial charge in [-0.25, -0.2) is 0 Å². The maximum absolute atomic E-state index is 11.5. The normalized spacial score (nSPS) is 22.8. The van der Waals surface area contributed by atoms with Crippen LogP contribution in [-0.2, 0) is 4.79 Å². The predicted octanol–water partition coefficient (Wildman–Crippen LogP) is 2.28. The molecule has 0 radical (unpaired) electrons. The van der Waals surface area contributed by atoms with Crippen molar-refractivity contribution in [3.8, 4) is 0 Å². The van der Waals surface area contributed by atoms with Gasteiger partial charge in [0, 0.05) is 10.9 Å². The van der Waals surface area contributed by atoms with Crippen molar-refractivity contribution in [2.24, 2.45) is 0 Å². The van der Waals surface area contributed by atoms with Crippen LogP contribution in [0.2, 0.25) is 0 Å². The molecule has 0 aromatic heterocycles. The van der Waals surface area contributed by atoms with Crippen molar-refractivity contribution in [2.45, 2.75) is 6.92 Å². The van der Waals surface area contributed by atoms with Crippen molar-refractivity contribution in [3.63, 3.8) is 0 Å². The third-order valence-electron chi connectivity index (χ3n) is 1.53. The summed E-state index contributed by atoms with van der Waals surface area (Å²) in [5.41, 5.74) is 1.32. The van der Waals surface area contributed by atoms with Crippen molar-refractivity contribution in [1.29, 1.82) is 0 Å². The van der Waals surface area contributed by atoms with Gasteiger partial charge in [0.15, 0.2) is 5.78 Å². The monoisotopic (exact) mass is 229 g/mol. The van der Waals surface area contributed by atoms with Gasteiger partial charge in [-0.3, -0.25) is 4.79 Å². The molecular formula is C9H9BrO2. The van der Waals surface area contributed by atoms with Gasteiger partial charge in [-0.1, -0.05) is 22.0 Å². The van der Waals surface area contributed by atoms with Gasteiger partial charge in [-0.2, -0.15) is 0 Å². The van der Waals surface area contributed by atoms with Gasteiger partial charge >= 0.3 is 0 Å². The van der Waals surface area contributed by atoms with Gasteiger partial charge in [0.05, 0.1) is 13.2 Å². The van der Waals surface area contributed by atoms with Gasteiger partial charge in [0.2, 0.25) is 0 Å². The van der Waals surface area contributed by atoms with Crippen LogP contribution in [0.25, 0.3) is 0 Å². The number of carbonyl (C=O) groups excluding carboxylic acids is 1. The zero-order valence-corrected chi connectivity index (χ0v) is 8.18. The standard InChI is InChI=1S/C9H9BrO2/c1-6-2-7(4-10)9(12)8(3-6)5-11/h2-3,5,11H,4H2,1H3/i2D. The summed E-state index contributed by atoms with van der Waals surface area (Å²) in [6.45, 7) is 1.74. The Labute approximate surface area is 80.8 Å². The molecule has 1 aliphatic carbocycles. The number of aliphatic hydroxyl groups is 1. The van der Waals surface area contributed by atoms with E-state index in [-0.39, 0.29) is 17.4 Å². The quantitative estimate of drug-likeness (QED) is 0.426. The van der Waals surface area contributed by atoms with Crippen LogP contribution in [0.4, 0.5) is 0 Å². The van der Waals surface area contributed by atoms with E-state index in [9.17, 15) is 4.79 Å². The minimum atomic E-state index is -0.282. The third kappa shape index (κ3) is 1.67. The van der Waals surface area contributed by atoms with E-state index in [1.54, 1.807) is 6.92 Å². The molecule has 0 saturated carbocycles. The number of rotatable bonds is 1. The summed E-state index contributed by atoms with van der Waals surface area (Å²) in [6, 6.07) is 0.243. The van der Waals surface area contributed by atoms with E-state index in [1.165, 1.54) is 6.08 Å². The van der Waals surface area contributed by atoms with Gasteiger partial charge < -0.3 is 5.11 Å². The highest BCUT2D eigenvalue weighted by molar-refractivity contribution is 9.09. The summed E-state index contributed by atoms with van der Waals surface area (Å²) in [6.07, 6.45) is 2.29. The van der Waals surface area contributed by atoms with Crippen LogP contribution < -0.4 is 0 Å². The van der Waals surface area contributed by atoms with Crippen molar-refractivity contribution in [2.75, 3.05) is 5.33 Å². The van der Waals surface area contributed by atoms with Crippen LogP contribution in [0.1, 0.15) is 8.29 Å². The van der Waals surface area contributed by atoms with Crippen molar-refractivity contribution < 1.29 is 11.3 Å². The number of Topliss-reactive ketones (excluding diaryl/α,β-unsaturated/α-hetero) is 1. The van der Waals surface area contributed by atoms with Crippen molar-refractivity contribution >= 4 is 21.7 Å². The molecule has 0 amide bonds. The van der Waals surface area contributed by atoms with Crippen LogP contribution in [0.15, 0.2) is 35.1 Å². The average molecular weight is 230 g/mol. The van der Waals surface area contributed by atoms with Crippen LogP contribution >= 0.6 is 15.9 Å². The van der Waals surface area contributed by atoms with Crippen LogP contribution in [0.3, 0.4) is 0 Å². The third-order valence-corrected chi connectivity index (χ3v) is 2.09. The Bertz CT molecular complexity index is 340. The first-order chi connectivity index (χ1) is 6.11. The van der Waals surface area contributed by atoms with Crippen molar-refractivity contribution in [3.05, 3.63) is 35.1 Å². The lowest BCUT2D eigenvalue weighted by molar-refractivity contribution is -0.112. The topological polar surface area (TPSA) is 37.3 Å². The molecule has 0 aromatic rings. The van der Waals surface area contributed by atoms with Gasteiger partial charge in [-0.05, 0) is 18.6 Å². The average Bonchev–Trinajstić information content (AvgIpc) is 2.12. The zero-order valence-electron chi connectivity index (χ0n) is 7.60. The predicted molar refractivity (Wildman–Crippen MR) is 51.4 cm³/mol. The molecule has 0 aliphatic heterocycles. The highest BCUT2D eigenvalue weighted by Crippen LogP contribution is 2.19. The Balaban J connectivity index is 3.24. The first-order valence-corrected chi connectivity index (χ1v) is 4.57. The zero-order chi connectivity index (χ0) is 10.0. The molecule has 0 heterocycles. The summed E-state index contributed by atoms with van der Waals surface area (Å²) < 4.78 is 7.58. The summed E-state index contributed by atoms with van der Waals surface area (Å²) >= 11 is 3.14. The molecular weight excluding hydrogens is 220 g/mol. The number of alkyl halides is 1. The van der Waals surface area contributed by atoms with E-state index < -0.39 is 0 Å². The fourth-order valence-corrected chi connectivity index (χ4v) is 1.39. The molecule has 3 heteroatoms. The molecule has 0 saturated heterocycles. The van der Waals surface area contributed by atoms with Crippen LogP contribution in [0, 0.1) is 0 Å². The molecule has 12 heavy (non-hydrogen) atoms. The fourth-order valence-electron chi connectivity index (χ4n) is 0.994. The maximum Gasteiger partial charge on any atom is 0.192 e. The number of halogens is 1. The van der Waals surface area contributed by atoms with E-state index in [4.69, 9.17) is 6.48 Å². The summed E-state index contributed by atoms with van der Waals surface area (Å²) in [7, 11) is 0. The highest BCUT2D eigenvalue weighted by atomic mass is 79.9. The highest BCUT2D eigenvalue weighted by Gasteiger charge is 2.16. The minimum Gasteiger partial charge on any atom is -0.515 e. The second-order valence-electron chi connectivity index (χ2n) is 2.48. The number of ketones is 1. The molecule has 2 nitrogen and oxygen atoms in total. The lowest BCUT2D eigenvalue weighted by Crippen LogP contribution is -2.10. The summed E-state index contributed by atoms with van der Waals surface area (Å²) in [5.74, 6) is -0.282. The number of allylic oxidation sites excluding steroid dienone is 5. The van der Waals surface area contributed by atoms with Gasteiger partial charge in [0.25, 0.3) is 0 Å². The van der Waals surface area contributed by atoms with E-state index in [0.29, 0.717) is 16.5 Å². The van der Waals surface area contributed by atoms with Crippen molar-refractivity contribution in [1.82, 2.24) is 0 Å². The Morgan fingerprint density at radius 1 is 1.83 bits per heavy atom. The van der Waals surface area contributed by atoms with Gasteiger partial charge in [0.1, 0.15) is 0 Å². The maximum atomic E-state index is 11.5. The van der Waals surface area contributed by atoms with Crippen LogP contribution in [0.5, 0.6) is 0 Å². The second-order valence-corrected chi connectivity index (χ2v) is 3.04. The smallest absolute Gasteiger partial charge is 0.192 e. The molecule has 0 aromatic carbocycles. The summed E-state index contributed by atoms with van der Waals surface area (Å²) in [4.78, 5) is 11.5. The van der Waals surface area contributed by atoms with Crippen LogP contribution in [-0.4, -0.2) is 16.2 Å². The molecule has 64 valence electrons. The molecule has 0 bridgehead atoms. The number of carbonyl (C=O) groups is 1. The first kappa shape index (κ1) is 7.80. The molecule has 0 unspecified atom stereocenters. The molecule has 1 rings (SSSR count). The van der Waals surface area contributed by atoms with E-state index in [2.05, 4.69) is 15.9 Å². The lowest BCUT2D eigenvalue weighted by atomic mass is 9.96. The Hall–Kier alpha value is -0.830. The largest absolute Gasteiger partial charge is 0.515 e. The second kappa shape index (κ2) is 3.72. The molecule has 1 aliphatic rings.